The van der Waals surface area contributed by atoms with Crippen LogP contribution < -0.4 is 15.8 Å². The van der Waals surface area contributed by atoms with Gasteiger partial charge in [0.25, 0.3) is 5.91 Å². The SMILES string of the molecule is CN.COCc1ccc(OC2CC(O)CC(C(=O)O)O2)c(C(=O)NCCC(C)OCCC(C)C)c1.O=CI. The molecule has 1 aromatic rings. The highest BCUT2D eigenvalue weighted by molar-refractivity contribution is 14.1. The van der Waals surface area contributed by atoms with Crippen molar-refractivity contribution in [1.29, 1.82) is 0 Å². The van der Waals surface area contributed by atoms with Crippen LogP contribution in [0.1, 0.15) is 62.4 Å². The van der Waals surface area contributed by atoms with E-state index in [9.17, 15) is 19.8 Å². The number of benzene rings is 1. The van der Waals surface area contributed by atoms with E-state index in [0.717, 1.165) is 16.3 Å². The highest BCUT2D eigenvalue weighted by Crippen LogP contribution is 2.27. The molecule has 1 aromatic carbocycles. The van der Waals surface area contributed by atoms with Crippen molar-refractivity contribution >= 4 is 38.8 Å². The number of carbonyl (C=O) groups is 3. The number of carboxylic acids is 1. The van der Waals surface area contributed by atoms with E-state index in [1.807, 2.05) is 6.92 Å². The number of aliphatic carboxylic acids is 1. The number of carbonyl (C=O) groups excluding carboxylic acids is 2. The molecule has 0 bridgehead atoms. The van der Waals surface area contributed by atoms with Crippen molar-refractivity contribution in [1.82, 2.24) is 5.32 Å². The van der Waals surface area contributed by atoms with Gasteiger partial charge < -0.3 is 40.2 Å². The molecule has 1 aliphatic heterocycles. The van der Waals surface area contributed by atoms with Gasteiger partial charge in [0.2, 0.25) is 6.29 Å². The molecule has 1 aliphatic rings. The second kappa shape index (κ2) is 21.0. The fourth-order valence-electron chi connectivity index (χ4n) is 3.42. The number of methoxy groups -OCH3 is 1. The fourth-order valence-corrected chi connectivity index (χ4v) is 3.42. The molecule has 1 saturated heterocycles. The van der Waals surface area contributed by atoms with Crippen molar-refractivity contribution in [2.75, 3.05) is 27.3 Å². The summed E-state index contributed by atoms with van der Waals surface area (Å²) in [5.41, 5.74) is 5.57. The van der Waals surface area contributed by atoms with Crippen LogP contribution in [0.4, 0.5) is 0 Å². The van der Waals surface area contributed by atoms with Crippen LogP contribution in [-0.2, 0) is 30.4 Å². The lowest BCUT2D eigenvalue weighted by atomic mass is 10.0. The summed E-state index contributed by atoms with van der Waals surface area (Å²) in [6.45, 7) is 7.70. The first-order valence-electron chi connectivity index (χ1n) is 12.5. The third-order valence-electron chi connectivity index (χ3n) is 5.33. The summed E-state index contributed by atoms with van der Waals surface area (Å²) in [6, 6.07) is 5.06. The number of nitrogens with one attached hydrogen (secondary N) is 1. The molecule has 38 heavy (non-hydrogen) atoms. The average Bonchev–Trinajstić information content (AvgIpc) is 2.86. The van der Waals surface area contributed by atoms with Crippen LogP contribution in [0, 0.1) is 5.92 Å². The predicted molar refractivity (Wildman–Crippen MR) is 152 cm³/mol. The molecule has 1 fully saturated rings. The second-order valence-electron chi connectivity index (χ2n) is 8.90. The molecule has 4 unspecified atom stereocenters. The van der Waals surface area contributed by atoms with Crippen LogP contribution in [0.15, 0.2) is 18.2 Å². The van der Waals surface area contributed by atoms with Crippen molar-refractivity contribution in [2.24, 2.45) is 11.7 Å². The zero-order valence-electron chi connectivity index (χ0n) is 22.9. The van der Waals surface area contributed by atoms with Crippen molar-refractivity contribution in [3.8, 4) is 5.75 Å². The number of nitrogens with two attached hydrogens (primary N) is 1. The number of aliphatic hydroxyl groups is 1. The second-order valence-corrected chi connectivity index (χ2v) is 9.41. The highest BCUT2D eigenvalue weighted by atomic mass is 127. The summed E-state index contributed by atoms with van der Waals surface area (Å²) < 4.78 is 22.9. The standard InChI is InChI=1S/C24H37NO8.CHIO.CH5N/c1-15(2)8-10-31-16(3)7-9-25-23(27)19-11-17(14-30-4)5-6-20(19)32-22-13-18(26)12-21(33-22)24(28)29;2-1-3;1-2/h5-6,11,15-16,18,21-22,26H,7-10,12-14H2,1-4H3,(H,25,27)(H,28,29);1H;2H2,1H3. The van der Waals surface area contributed by atoms with Gasteiger partial charge in [0.05, 0.1) is 24.4 Å². The Hall–Kier alpha value is -1.84. The molecule has 218 valence electrons. The molecule has 12 heteroatoms. The molecule has 5 N–H and O–H groups in total. The van der Waals surface area contributed by atoms with Crippen molar-refractivity contribution in [2.45, 2.75) is 77.7 Å². The summed E-state index contributed by atoms with van der Waals surface area (Å²) in [5.74, 6) is -0.671. The predicted octanol–water partition coefficient (Wildman–Crippen LogP) is 2.92. The van der Waals surface area contributed by atoms with E-state index in [-0.39, 0.29) is 36.2 Å². The van der Waals surface area contributed by atoms with Gasteiger partial charge in [0.15, 0.2) is 10.4 Å². The minimum Gasteiger partial charge on any atom is -0.479 e. The van der Waals surface area contributed by atoms with Crippen molar-refractivity contribution < 1.29 is 43.5 Å². The first kappa shape index (κ1) is 36.2. The number of hydrogen-bond donors (Lipinski definition) is 4. The first-order valence-corrected chi connectivity index (χ1v) is 13.7. The maximum Gasteiger partial charge on any atom is 0.333 e. The zero-order chi connectivity index (χ0) is 29.1. The quantitative estimate of drug-likeness (QED) is 0.141. The maximum absolute atomic E-state index is 12.9. The number of ether oxygens (including phenoxy) is 4. The number of hydrogen-bond acceptors (Lipinski definition) is 9. The van der Waals surface area contributed by atoms with Crippen LogP contribution in [0.5, 0.6) is 5.75 Å². The number of aliphatic hydroxyl groups excluding tert-OH is 1. The van der Waals surface area contributed by atoms with Crippen LogP contribution in [0.25, 0.3) is 0 Å². The van der Waals surface area contributed by atoms with Gasteiger partial charge in [-0.25, -0.2) is 4.79 Å². The molecule has 0 spiro atoms. The normalized spacial score (nSPS) is 19.2. The number of halogens is 1. The van der Waals surface area contributed by atoms with Gasteiger partial charge in [0.1, 0.15) is 5.75 Å². The Labute approximate surface area is 238 Å². The maximum atomic E-state index is 12.9. The highest BCUT2D eigenvalue weighted by Gasteiger charge is 2.34. The lowest BCUT2D eigenvalue weighted by Crippen LogP contribution is -2.42. The lowest BCUT2D eigenvalue weighted by molar-refractivity contribution is -0.195. The smallest absolute Gasteiger partial charge is 0.333 e. The van der Waals surface area contributed by atoms with E-state index in [2.05, 4.69) is 24.9 Å². The number of rotatable bonds is 13. The third-order valence-corrected chi connectivity index (χ3v) is 5.33. The first-order chi connectivity index (χ1) is 18.1. The molecule has 11 nitrogen and oxygen atoms in total. The summed E-state index contributed by atoms with van der Waals surface area (Å²) in [7, 11) is 3.06. The molecule has 0 aliphatic carbocycles. The number of carboxylic acid groups (broad SMARTS) is 1. The molecule has 0 radical (unpaired) electrons. The van der Waals surface area contributed by atoms with Gasteiger partial charge in [-0.05, 0) is 73.0 Å². The molecule has 1 heterocycles. The van der Waals surface area contributed by atoms with Gasteiger partial charge in [-0.15, -0.1) is 0 Å². The Kier molecular flexibility index (Phi) is 20.0. The molecular weight excluding hydrogens is 611 g/mol. The molecule has 0 aromatic heterocycles. The van der Waals surface area contributed by atoms with Gasteiger partial charge >= 0.3 is 5.97 Å². The van der Waals surface area contributed by atoms with Crippen molar-refractivity contribution in [3.63, 3.8) is 0 Å². The third kappa shape index (κ3) is 14.9. The van der Waals surface area contributed by atoms with Crippen LogP contribution in [0.3, 0.4) is 0 Å². The Morgan fingerprint density at radius 2 is 1.89 bits per heavy atom. The summed E-state index contributed by atoms with van der Waals surface area (Å²) in [5, 5.41) is 22.1. The molecule has 0 saturated carbocycles. The van der Waals surface area contributed by atoms with Gasteiger partial charge in [-0.2, -0.15) is 0 Å². The molecule has 1 amide bonds. The van der Waals surface area contributed by atoms with E-state index in [1.165, 1.54) is 7.05 Å². The Morgan fingerprint density at radius 1 is 1.24 bits per heavy atom. The summed E-state index contributed by atoms with van der Waals surface area (Å²) in [4.78, 5) is 33.0. The van der Waals surface area contributed by atoms with E-state index >= 15 is 0 Å². The van der Waals surface area contributed by atoms with Gasteiger partial charge in [-0.1, -0.05) is 19.9 Å². The zero-order valence-corrected chi connectivity index (χ0v) is 25.0. The summed E-state index contributed by atoms with van der Waals surface area (Å²) in [6.07, 6.45) is -1.25. The van der Waals surface area contributed by atoms with E-state index in [1.54, 1.807) is 47.9 Å². The Morgan fingerprint density at radius 3 is 2.47 bits per heavy atom. The number of amides is 1. The monoisotopic (exact) mass is 654 g/mol. The minimum atomic E-state index is -1.17. The van der Waals surface area contributed by atoms with Crippen molar-refractivity contribution in [3.05, 3.63) is 29.3 Å². The summed E-state index contributed by atoms with van der Waals surface area (Å²) >= 11 is 1.61. The molecule has 2 rings (SSSR count). The van der Waals surface area contributed by atoms with E-state index in [0.29, 0.717) is 32.1 Å². The molecule has 4 atom stereocenters. The lowest BCUT2D eigenvalue weighted by Gasteiger charge is -2.31. The van der Waals surface area contributed by atoms with Crippen LogP contribution in [0.2, 0.25) is 0 Å². The topological polar surface area (TPSA) is 167 Å². The van der Waals surface area contributed by atoms with Gasteiger partial charge in [-0.3, -0.25) is 9.59 Å². The Balaban J connectivity index is 0.00000255. The minimum absolute atomic E-state index is 0.00721. The Bertz CT molecular complexity index is 826. The fraction of sp³-hybridized carbons (Fsp3) is 0.654. The van der Waals surface area contributed by atoms with Gasteiger partial charge in [0, 0.05) is 33.1 Å². The largest absolute Gasteiger partial charge is 0.479 e. The van der Waals surface area contributed by atoms with E-state index in [4.69, 9.17) is 23.7 Å². The average molecular weight is 655 g/mol. The molecular formula is C26H43IN2O9. The van der Waals surface area contributed by atoms with E-state index < -0.39 is 24.5 Å². The van der Waals surface area contributed by atoms with Crippen LogP contribution >= 0.6 is 22.6 Å². The van der Waals surface area contributed by atoms with Crippen LogP contribution in [-0.4, -0.2) is 78.3 Å².